The Bertz CT molecular complexity index is 1640. The molecule has 1 aliphatic heterocycles. The van der Waals surface area contributed by atoms with Gasteiger partial charge < -0.3 is 26.0 Å². The molecule has 1 saturated heterocycles. The van der Waals surface area contributed by atoms with E-state index in [2.05, 4.69) is 27.3 Å². The summed E-state index contributed by atoms with van der Waals surface area (Å²) in [5.74, 6) is -1.30. The van der Waals surface area contributed by atoms with E-state index < -0.39 is 36.0 Å². The molecule has 4 amide bonds. The van der Waals surface area contributed by atoms with Crippen LogP contribution in [-0.2, 0) is 32.1 Å². The summed E-state index contributed by atoms with van der Waals surface area (Å²) in [5, 5.41) is 22.9. The van der Waals surface area contributed by atoms with Gasteiger partial charge in [-0.2, -0.15) is 5.26 Å². The third-order valence-corrected chi connectivity index (χ3v) is 8.36. The lowest BCUT2D eigenvalue weighted by atomic mass is 9.90. The number of amides is 4. The number of fused-ring (bicyclic) bond motifs is 1. The van der Waals surface area contributed by atoms with Gasteiger partial charge in [-0.25, -0.2) is 4.79 Å². The van der Waals surface area contributed by atoms with Gasteiger partial charge in [0, 0.05) is 30.5 Å². The van der Waals surface area contributed by atoms with Crippen LogP contribution in [0.1, 0.15) is 57.6 Å². The first-order valence-electron chi connectivity index (χ1n) is 16.5. The van der Waals surface area contributed by atoms with Gasteiger partial charge in [0.25, 0.3) is 0 Å². The first kappa shape index (κ1) is 35.7. The average Bonchev–Trinajstić information content (AvgIpc) is 3.08. The van der Waals surface area contributed by atoms with Crippen LogP contribution in [0.2, 0.25) is 0 Å². The van der Waals surface area contributed by atoms with E-state index in [4.69, 9.17) is 4.74 Å². The predicted molar refractivity (Wildman–Crippen MR) is 184 cm³/mol. The monoisotopic (exact) mass is 651 g/mol. The fourth-order valence-electron chi connectivity index (χ4n) is 5.94. The lowest BCUT2D eigenvalue weighted by Gasteiger charge is -2.28. The van der Waals surface area contributed by atoms with E-state index in [9.17, 15) is 24.4 Å². The van der Waals surface area contributed by atoms with Gasteiger partial charge in [-0.15, -0.1) is 0 Å². The van der Waals surface area contributed by atoms with Crippen molar-refractivity contribution < 1.29 is 23.9 Å². The molecule has 1 aliphatic rings. The van der Waals surface area contributed by atoms with Crippen molar-refractivity contribution in [1.29, 1.82) is 5.26 Å². The van der Waals surface area contributed by atoms with Crippen LogP contribution in [-0.4, -0.2) is 48.5 Å². The second kappa shape index (κ2) is 17.7. The molecule has 252 valence electrons. The van der Waals surface area contributed by atoms with Crippen LogP contribution < -0.4 is 21.3 Å². The summed E-state index contributed by atoms with van der Waals surface area (Å²) in [6, 6.07) is 22.3. The van der Waals surface area contributed by atoms with Gasteiger partial charge in [0.15, 0.2) is 0 Å². The highest BCUT2D eigenvalue weighted by atomic mass is 16.5. The van der Waals surface area contributed by atoms with Crippen molar-refractivity contribution in [2.45, 2.75) is 77.6 Å². The molecule has 0 bridgehead atoms. The Hall–Kier alpha value is -5.17. The first-order chi connectivity index (χ1) is 23.1. The van der Waals surface area contributed by atoms with Crippen molar-refractivity contribution in [1.82, 2.24) is 21.3 Å². The van der Waals surface area contributed by atoms with Crippen LogP contribution in [0, 0.1) is 23.2 Å². The number of carbonyl (C=O) groups excluding carboxylic acids is 4. The third-order valence-electron chi connectivity index (χ3n) is 8.36. The zero-order valence-corrected chi connectivity index (χ0v) is 27.8. The van der Waals surface area contributed by atoms with E-state index in [0.29, 0.717) is 31.4 Å². The van der Waals surface area contributed by atoms with Crippen LogP contribution >= 0.6 is 0 Å². The molecule has 10 nitrogen and oxygen atoms in total. The number of hydrogen-bond donors (Lipinski definition) is 4. The molecule has 10 heteroatoms. The van der Waals surface area contributed by atoms with E-state index in [1.54, 1.807) is 13.0 Å². The fourth-order valence-corrected chi connectivity index (χ4v) is 5.94. The summed E-state index contributed by atoms with van der Waals surface area (Å²) in [6.07, 6.45) is 3.24. The number of alkyl carbamates (subject to hydrolysis) is 1. The summed E-state index contributed by atoms with van der Waals surface area (Å²) >= 11 is 0. The van der Waals surface area contributed by atoms with Gasteiger partial charge >= 0.3 is 6.09 Å². The minimum atomic E-state index is -1.05. The molecule has 0 aromatic heterocycles. The first-order valence-corrected chi connectivity index (χ1v) is 16.5. The van der Waals surface area contributed by atoms with Crippen LogP contribution in [0.5, 0.6) is 0 Å². The predicted octanol–water partition coefficient (Wildman–Crippen LogP) is 5.08. The van der Waals surface area contributed by atoms with Crippen molar-refractivity contribution in [3.8, 4) is 6.07 Å². The number of ether oxygens (including phenoxy) is 1. The largest absolute Gasteiger partial charge is 0.445 e. The second-order valence-corrected chi connectivity index (χ2v) is 12.7. The molecule has 0 unspecified atom stereocenters. The number of nitriles is 1. The quantitative estimate of drug-likeness (QED) is 0.179. The van der Waals surface area contributed by atoms with Crippen LogP contribution in [0.3, 0.4) is 0 Å². The topological polar surface area (TPSA) is 149 Å². The van der Waals surface area contributed by atoms with E-state index in [1.807, 2.05) is 86.6 Å². The SMILES string of the molecule is C/C(C#N)=C/[C@H](C[C@@H]1CCCNC1=O)NC(=O)[C@H](CC(C)C)NC(=O)[C@H](Cc1cccc2ccccc12)NC(=O)OCc1ccccc1. The van der Waals surface area contributed by atoms with E-state index in [1.165, 1.54) is 0 Å². The van der Waals surface area contributed by atoms with Gasteiger partial charge in [-0.3, -0.25) is 14.4 Å². The van der Waals surface area contributed by atoms with E-state index in [0.717, 1.165) is 28.3 Å². The van der Waals surface area contributed by atoms with E-state index >= 15 is 0 Å². The lowest BCUT2D eigenvalue weighted by molar-refractivity contribution is -0.131. The van der Waals surface area contributed by atoms with Gasteiger partial charge in [0.1, 0.15) is 18.7 Å². The van der Waals surface area contributed by atoms with Crippen molar-refractivity contribution in [2.24, 2.45) is 11.8 Å². The number of rotatable bonds is 14. The molecule has 4 atom stereocenters. The molecule has 1 fully saturated rings. The highest BCUT2D eigenvalue weighted by molar-refractivity contribution is 5.93. The number of nitrogens with one attached hydrogen (secondary N) is 4. The minimum Gasteiger partial charge on any atom is -0.445 e. The summed E-state index contributed by atoms with van der Waals surface area (Å²) in [4.78, 5) is 53.3. The molecule has 0 spiro atoms. The average molecular weight is 652 g/mol. The standard InChI is InChI=1S/C38H45N5O5/c1-25(2)19-33(36(45)41-31(20-26(3)23-39)21-30-16-10-18-40-35(30)44)42-37(46)34(43-38(47)48-24-27-11-5-4-6-12-27)22-29-15-9-14-28-13-7-8-17-32(28)29/h4-9,11-15,17,20,25,30-31,33-34H,10,16,18-19,21-22,24H2,1-3H3,(H,40,44)(H,41,45)(H,42,46)(H,43,47)/b26-20-/t30-,31+,33-,34-/m0/s1. The second-order valence-electron chi connectivity index (χ2n) is 12.7. The van der Waals surface area contributed by atoms with Crippen LogP contribution in [0.4, 0.5) is 4.79 Å². The molecule has 48 heavy (non-hydrogen) atoms. The number of carbonyl (C=O) groups is 4. The highest BCUT2D eigenvalue weighted by Gasteiger charge is 2.31. The zero-order chi connectivity index (χ0) is 34.5. The molecule has 0 saturated carbocycles. The Labute approximate surface area is 282 Å². The smallest absolute Gasteiger partial charge is 0.408 e. The number of hydrogen-bond acceptors (Lipinski definition) is 6. The van der Waals surface area contributed by atoms with Gasteiger partial charge in [0.2, 0.25) is 17.7 Å². The summed E-state index contributed by atoms with van der Waals surface area (Å²) < 4.78 is 5.46. The molecule has 0 radical (unpaired) electrons. The van der Waals surface area contributed by atoms with Crippen molar-refractivity contribution in [2.75, 3.05) is 6.54 Å². The van der Waals surface area contributed by atoms with Gasteiger partial charge in [0.05, 0.1) is 6.07 Å². The molecule has 3 aromatic rings. The molecular weight excluding hydrogens is 606 g/mol. The number of nitrogens with zero attached hydrogens (tertiary/aromatic N) is 1. The highest BCUT2D eigenvalue weighted by Crippen LogP contribution is 2.21. The maximum Gasteiger partial charge on any atom is 0.408 e. The number of allylic oxidation sites excluding steroid dienone is 1. The molecule has 4 rings (SSSR count). The molecule has 4 N–H and O–H groups in total. The van der Waals surface area contributed by atoms with Crippen LogP contribution in [0.15, 0.2) is 84.4 Å². The van der Waals surface area contributed by atoms with Crippen LogP contribution in [0.25, 0.3) is 10.8 Å². The Kier molecular flexibility index (Phi) is 13.1. The molecule has 0 aliphatic carbocycles. The summed E-state index contributed by atoms with van der Waals surface area (Å²) in [7, 11) is 0. The summed E-state index contributed by atoms with van der Waals surface area (Å²) in [6.45, 7) is 6.19. The summed E-state index contributed by atoms with van der Waals surface area (Å²) in [5.41, 5.74) is 2.07. The Balaban J connectivity index is 1.54. The normalized spacial score (nSPS) is 16.6. The minimum absolute atomic E-state index is 0.0314. The van der Waals surface area contributed by atoms with Gasteiger partial charge in [-0.05, 0) is 66.5 Å². The maximum absolute atomic E-state index is 14.0. The lowest BCUT2D eigenvalue weighted by Crippen LogP contribution is -2.56. The van der Waals surface area contributed by atoms with Crippen molar-refractivity contribution in [3.05, 3.63) is 95.6 Å². The fraction of sp³-hybridized carbons (Fsp3) is 0.395. The maximum atomic E-state index is 14.0. The number of piperidine rings is 1. The molecule has 1 heterocycles. The Morgan fingerprint density at radius 1 is 0.958 bits per heavy atom. The van der Waals surface area contributed by atoms with Crippen molar-refractivity contribution >= 4 is 34.6 Å². The van der Waals surface area contributed by atoms with E-state index in [-0.39, 0.29) is 30.8 Å². The van der Waals surface area contributed by atoms with Crippen molar-refractivity contribution in [3.63, 3.8) is 0 Å². The zero-order valence-electron chi connectivity index (χ0n) is 27.8. The van der Waals surface area contributed by atoms with Gasteiger partial charge in [-0.1, -0.05) is 86.6 Å². The Morgan fingerprint density at radius 3 is 2.40 bits per heavy atom. The molecular formula is C38H45N5O5. The molecule has 3 aromatic carbocycles. The third kappa shape index (κ3) is 10.7. The number of benzene rings is 3. The Morgan fingerprint density at radius 2 is 1.67 bits per heavy atom.